The van der Waals surface area contributed by atoms with Crippen molar-refractivity contribution in [3.63, 3.8) is 0 Å². The van der Waals surface area contributed by atoms with E-state index in [4.69, 9.17) is 4.74 Å². The van der Waals surface area contributed by atoms with Crippen molar-refractivity contribution in [3.05, 3.63) is 30.9 Å². The van der Waals surface area contributed by atoms with Gasteiger partial charge >= 0.3 is 5.97 Å². The number of aromatic nitrogens is 2. The third kappa shape index (κ3) is 4.10. The Morgan fingerprint density at radius 2 is 2.47 bits per heavy atom. The first-order chi connectivity index (χ1) is 8.17. The van der Waals surface area contributed by atoms with Crippen LogP contribution in [0.4, 0.5) is 0 Å². The molecule has 1 aromatic heterocycles. The van der Waals surface area contributed by atoms with Gasteiger partial charge in [0.05, 0.1) is 12.9 Å². The summed E-state index contributed by atoms with van der Waals surface area (Å²) in [5, 5.41) is 2.51. The Balaban J connectivity index is 2.67. The number of carbonyl (C=O) groups excluding carboxylic acids is 2. The van der Waals surface area contributed by atoms with Crippen LogP contribution in [0.25, 0.3) is 0 Å². The molecule has 1 aromatic rings. The highest BCUT2D eigenvalue weighted by atomic mass is 16.5. The van der Waals surface area contributed by atoms with Crippen molar-refractivity contribution in [2.24, 2.45) is 0 Å². The molecule has 0 bridgehead atoms. The maximum Gasteiger partial charge on any atom is 0.329 e. The van der Waals surface area contributed by atoms with E-state index in [9.17, 15) is 9.59 Å². The molecule has 0 radical (unpaired) electrons. The van der Waals surface area contributed by atoms with Gasteiger partial charge in [0.2, 0.25) is 5.91 Å². The highest BCUT2D eigenvalue weighted by molar-refractivity contribution is 5.91. The number of nitrogens with zero attached hydrogens (tertiary/aromatic N) is 1. The lowest BCUT2D eigenvalue weighted by Crippen LogP contribution is -2.42. The summed E-state index contributed by atoms with van der Waals surface area (Å²) in [6.07, 6.45) is 4.51. The minimum atomic E-state index is -0.735. The highest BCUT2D eigenvalue weighted by Gasteiger charge is 2.21. The number of nitrogens with one attached hydrogen (secondary N) is 2. The molecule has 0 aliphatic heterocycles. The second-order valence-corrected chi connectivity index (χ2v) is 3.30. The van der Waals surface area contributed by atoms with Crippen molar-refractivity contribution < 1.29 is 14.3 Å². The summed E-state index contributed by atoms with van der Waals surface area (Å²) in [6, 6.07) is -0.735. The van der Waals surface area contributed by atoms with Crippen molar-refractivity contribution in [2.75, 3.05) is 6.61 Å². The molecule has 0 saturated heterocycles. The van der Waals surface area contributed by atoms with Gasteiger partial charge < -0.3 is 15.0 Å². The second-order valence-electron chi connectivity index (χ2n) is 3.30. The molecule has 6 nitrogen and oxygen atoms in total. The molecule has 17 heavy (non-hydrogen) atoms. The van der Waals surface area contributed by atoms with E-state index in [1.807, 2.05) is 0 Å². The lowest BCUT2D eigenvalue weighted by atomic mass is 10.1. The summed E-state index contributed by atoms with van der Waals surface area (Å²) < 4.78 is 4.88. The lowest BCUT2D eigenvalue weighted by Gasteiger charge is -2.15. The summed E-state index contributed by atoms with van der Waals surface area (Å²) in [7, 11) is 0. The number of aromatic amines is 1. The van der Waals surface area contributed by atoms with Gasteiger partial charge in [-0.3, -0.25) is 4.79 Å². The molecule has 0 aliphatic carbocycles. The maximum atomic E-state index is 11.6. The number of hydrogen-bond acceptors (Lipinski definition) is 4. The molecular weight excluding hydrogens is 222 g/mol. The van der Waals surface area contributed by atoms with Gasteiger partial charge in [-0.05, 0) is 13.0 Å². The fourth-order valence-corrected chi connectivity index (χ4v) is 1.28. The van der Waals surface area contributed by atoms with Crippen LogP contribution in [-0.2, 0) is 20.7 Å². The van der Waals surface area contributed by atoms with Gasteiger partial charge in [-0.1, -0.05) is 6.58 Å². The van der Waals surface area contributed by atoms with E-state index in [2.05, 4.69) is 21.9 Å². The molecule has 92 valence electrons. The van der Waals surface area contributed by atoms with Crippen molar-refractivity contribution in [1.29, 1.82) is 0 Å². The van der Waals surface area contributed by atoms with E-state index >= 15 is 0 Å². The molecule has 6 heteroatoms. The van der Waals surface area contributed by atoms with Crippen LogP contribution in [0.2, 0.25) is 0 Å². The third-order valence-corrected chi connectivity index (χ3v) is 2.05. The molecule has 1 heterocycles. The van der Waals surface area contributed by atoms with Crippen molar-refractivity contribution in [3.8, 4) is 0 Å². The van der Waals surface area contributed by atoms with Gasteiger partial charge in [0.1, 0.15) is 6.04 Å². The van der Waals surface area contributed by atoms with E-state index < -0.39 is 17.9 Å². The van der Waals surface area contributed by atoms with Crippen LogP contribution >= 0.6 is 0 Å². The quantitative estimate of drug-likeness (QED) is 0.546. The Bertz CT molecular complexity index is 387. The predicted octanol–water partition coefficient (Wildman–Crippen LogP) is 0.186. The average molecular weight is 237 g/mol. The molecule has 0 saturated carbocycles. The van der Waals surface area contributed by atoms with E-state index in [1.165, 1.54) is 6.33 Å². The molecule has 1 amide bonds. The lowest BCUT2D eigenvalue weighted by molar-refractivity contribution is -0.147. The predicted molar refractivity (Wildman–Crippen MR) is 61.1 cm³/mol. The van der Waals surface area contributed by atoms with Crippen LogP contribution in [0.3, 0.4) is 0 Å². The minimum Gasteiger partial charge on any atom is -0.464 e. The first kappa shape index (κ1) is 13.0. The van der Waals surface area contributed by atoms with Gasteiger partial charge in [-0.15, -0.1) is 0 Å². The Kier molecular flexibility index (Phi) is 4.93. The fraction of sp³-hybridized carbons (Fsp3) is 0.364. The minimum absolute atomic E-state index is 0.266. The van der Waals surface area contributed by atoms with E-state index in [1.54, 1.807) is 13.1 Å². The zero-order valence-electron chi connectivity index (χ0n) is 9.60. The Labute approximate surface area is 99.1 Å². The molecule has 0 unspecified atom stereocenters. The third-order valence-electron chi connectivity index (χ3n) is 2.05. The normalized spacial score (nSPS) is 11.6. The molecule has 0 fully saturated rings. The summed E-state index contributed by atoms with van der Waals surface area (Å²) in [5.74, 6) is -0.889. The summed E-state index contributed by atoms with van der Waals surface area (Å²) in [5.41, 5.74) is 0.743. The van der Waals surface area contributed by atoms with Crippen LogP contribution in [0.5, 0.6) is 0 Å². The monoisotopic (exact) mass is 237 g/mol. The topological polar surface area (TPSA) is 84.1 Å². The van der Waals surface area contributed by atoms with Gasteiger partial charge in [-0.25, -0.2) is 9.78 Å². The van der Waals surface area contributed by atoms with Gasteiger partial charge in [0.15, 0.2) is 0 Å². The Morgan fingerprint density at radius 3 is 3.00 bits per heavy atom. The van der Waals surface area contributed by atoms with E-state index in [0.29, 0.717) is 6.42 Å². The number of ether oxygens (including phenoxy) is 1. The van der Waals surface area contributed by atoms with Crippen molar-refractivity contribution in [1.82, 2.24) is 15.3 Å². The number of amides is 1. The summed E-state index contributed by atoms with van der Waals surface area (Å²) >= 11 is 0. The van der Waals surface area contributed by atoms with Crippen molar-refractivity contribution in [2.45, 2.75) is 19.4 Å². The van der Waals surface area contributed by atoms with Crippen LogP contribution in [0, 0.1) is 0 Å². The highest BCUT2D eigenvalue weighted by Crippen LogP contribution is 2.01. The zero-order valence-corrected chi connectivity index (χ0v) is 9.60. The Morgan fingerprint density at radius 1 is 1.71 bits per heavy atom. The van der Waals surface area contributed by atoms with E-state index in [0.717, 1.165) is 11.8 Å². The summed E-state index contributed by atoms with van der Waals surface area (Å²) in [6.45, 7) is 5.31. The molecule has 0 aromatic carbocycles. The largest absolute Gasteiger partial charge is 0.464 e. The second kappa shape index (κ2) is 6.47. The van der Waals surface area contributed by atoms with Gasteiger partial charge in [0, 0.05) is 18.3 Å². The number of carbonyl (C=O) groups is 2. The smallest absolute Gasteiger partial charge is 0.329 e. The van der Waals surface area contributed by atoms with Crippen LogP contribution in [-0.4, -0.2) is 34.5 Å². The molecule has 1 atom stereocenters. The summed E-state index contributed by atoms with van der Waals surface area (Å²) in [4.78, 5) is 29.5. The van der Waals surface area contributed by atoms with Crippen LogP contribution in [0.1, 0.15) is 12.6 Å². The Hall–Kier alpha value is -2.11. The SMILES string of the molecule is C=CC(=O)N[C@@H](Cc1cnc[nH]1)C(=O)OCC. The first-order valence-electron chi connectivity index (χ1n) is 5.24. The fourth-order valence-electron chi connectivity index (χ4n) is 1.28. The van der Waals surface area contributed by atoms with Crippen molar-refractivity contribution >= 4 is 11.9 Å². The first-order valence-corrected chi connectivity index (χ1v) is 5.24. The zero-order chi connectivity index (χ0) is 12.7. The molecule has 1 rings (SSSR count). The van der Waals surface area contributed by atoms with Gasteiger partial charge in [0.25, 0.3) is 0 Å². The average Bonchev–Trinajstić information content (AvgIpc) is 2.81. The number of hydrogen-bond donors (Lipinski definition) is 2. The molecule has 2 N–H and O–H groups in total. The van der Waals surface area contributed by atoms with E-state index in [-0.39, 0.29) is 6.61 Å². The van der Waals surface area contributed by atoms with Crippen LogP contribution < -0.4 is 5.32 Å². The number of rotatable bonds is 6. The van der Waals surface area contributed by atoms with Crippen LogP contribution in [0.15, 0.2) is 25.2 Å². The van der Waals surface area contributed by atoms with Gasteiger partial charge in [-0.2, -0.15) is 0 Å². The number of esters is 1. The number of imidazole rings is 1. The maximum absolute atomic E-state index is 11.6. The molecule has 0 aliphatic rings. The molecular formula is C11H15N3O3. The standard InChI is InChI=1S/C11H15N3O3/c1-3-10(15)14-9(11(16)17-4-2)5-8-6-12-7-13-8/h3,6-7,9H,1,4-5H2,2H3,(H,12,13)(H,14,15)/t9-/m0/s1. The molecule has 0 spiro atoms. The number of H-pyrrole nitrogens is 1.